The van der Waals surface area contributed by atoms with Gasteiger partial charge >= 0.3 is 0 Å². The molecule has 0 saturated carbocycles. The van der Waals surface area contributed by atoms with E-state index in [0.29, 0.717) is 11.8 Å². The van der Waals surface area contributed by atoms with Crippen LogP contribution in [0.2, 0.25) is 0 Å². The maximum atomic E-state index is 5.28. The zero-order valence-electron chi connectivity index (χ0n) is 23.9. The molecule has 0 unspecified atom stereocenters. The molecule has 0 aliphatic carbocycles. The first kappa shape index (κ1) is 24.7. The van der Waals surface area contributed by atoms with Gasteiger partial charge in [0.05, 0.1) is 22.2 Å². The fourth-order valence-electron chi connectivity index (χ4n) is 6.55. The molecule has 0 atom stereocenters. The van der Waals surface area contributed by atoms with Gasteiger partial charge in [0.1, 0.15) is 5.82 Å². The molecule has 0 aliphatic heterocycles. The van der Waals surface area contributed by atoms with Gasteiger partial charge in [-0.1, -0.05) is 94.4 Å². The van der Waals surface area contributed by atoms with Gasteiger partial charge < -0.3 is 4.57 Å². The van der Waals surface area contributed by atoms with E-state index >= 15 is 0 Å². The van der Waals surface area contributed by atoms with E-state index < -0.39 is 0 Å². The van der Waals surface area contributed by atoms with E-state index in [9.17, 15) is 0 Å². The highest BCUT2D eigenvalue weighted by atomic mass is 15.1. The topological polar surface area (TPSA) is 22.8 Å². The highest BCUT2D eigenvalue weighted by Gasteiger charge is 2.23. The van der Waals surface area contributed by atoms with Gasteiger partial charge in [0, 0.05) is 33.8 Å². The minimum atomic E-state index is 0.390. The molecule has 3 nitrogen and oxygen atoms in total. The smallest absolute Gasteiger partial charge is 0.145 e. The molecule has 0 N–H and O–H groups in total. The van der Waals surface area contributed by atoms with Gasteiger partial charge in [0.25, 0.3) is 0 Å². The van der Waals surface area contributed by atoms with Crippen molar-refractivity contribution in [3.63, 3.8) is 0 Å². The van der Waals surface area contributed by atoms with Crippen molar-refractivity contribution in [2.75, 3.05) is 0 Å². The van der Waals surface area contributed by atoms with Gasteiger partial charge in [-0.25, -0.2) is 4.98 Å². The SMILES string of the molecule is CCn1c2ccc(-c3nc4ccccc4n3-c3c(C(C)C)cccc3C(C)C)cc2c2ccc3ccccc3c21. The first-order valence-corrected chi connectivity index (χ1v) is 14.5. The molecule has 2 heterocycles. The molecule has 198 valence electrons. The lowest BCUT2D eigenvalue weighted by Crippen LogP contribution is -2.08. The summed E-state index contributed by atoms with van der Waals surface area (Å²) in [6, 6.07) is 35.5. The Morgan fingerprint density at radius 3 is 2.12 bits per heavy atom. The van der Waals surface area contributed by atoms with E-state index in [4.69, 9.17) is 4.98 Å². The second-order valence-electron chi connectivity index (χ2n) is 11.5. The predicted molar refractivity (Wildman–Crippen MR) is 171 cm³/mol. The molecule has 40 heavy (non-hydrogen) atoms. The Morgan fingerprint density at radius 1 is 0.650 bits per heavy atom. The summed E-state index contributed by atoms with van der Waals surface area (Å²) < 4.78 is 4.89. The Hall–Kier alpha value is -4.37. The fraction of sp³-hybridized carbons (Fsp3) is 0.216. The largest absolute Gasteiger partial charge is 0.340 e. The molecular weight excluding hydrogens is 486 g/mol. The molecule has 7 aromatic rings. The molecule has 7 rings (SSSR count). The summed E-state index contributed by atoms with van der Waals surface area (Å²) in [5.41, 5.74) is 9.87. The number of hydrogen-bond acceptors (Lipinski definition) is 1. The van der Waals surface area contributed by atoms with E-state index in [-0.39, 0.29) is 0 Å². The van der Waals surface area contributed by atoms with Crippen LogP contribution in [0, 0.1) is 0 Å². The highest BCUT2D eigenvalue weighted by Crippen LogP contribution is 2.40. The average Bonchev–Trinajstić information content (AvgIpc) is 3.52. The zero-order valence-corrected chi connectivity index (χ0v) is 23.9. The van der Waals surface area contributed by atoms with Crippen molar-refractivity contribution < 1.29 is 0 Å². The quantitative estimate of drug-likeness (QED) is 0.221. The molecule has 0 fully saturated rings. The predicted octanol–water partition coefficient (Wildman–Crippen LogP) is 10.2. The van der Waals surface area contributed by atoms with Crippen LogP contribution in [-0.2, 0) is 6.54 Å². The third kappa shape index (κ3) is 3.61. The molecule has 2 aromatic heterocycles. The summed E-state index contributed by atoms with van der Waals surface area (Å²) in [4.78, 5) is 5.28. The van der Waals surface area contributed by atoms with Crippen molar-refractivity contribution in [1.82, 2.24) is 14.1 Å². The summed E-state index contributed by atoms with van der Waals surface area (Å²) in [5.74, 6) is 1.78. The number of aromatic nitrogens is 3. The van der Waals surface area contributed by atoms with Gasteiger partial charge in [-0.15, -0.1) is 0 Å². The Kier molecular flexibility index (Phi) is 5.78. The minimum absolute atomic E-state index is 0.390. The molecule has 0 bridgehead atoms. The van der Waals surface area contributed by atoms with Crippen LogP contribution in [0.5, 0.6) is 0 Å². The molecule has 0 aliphatic rings. The third-order valence-electron chi connectivity index (χ3n) is 8.45. The van der Waals surface area contributed by atoms with Gasteiger partial charge in [-0.05, 0) is 65.6 Å². The number of para-hydroxylation sites is 3. The van der Waals surface area contributed by atoms with E-state index in [1.807, 2.05) is 0 Å². The second kappa shape index (κ2) is 9.38. The van der Waals surface area contributed by atoms with E-state index in [1.54, 1.807) is 0 Å². The van der Waals surface area contributed by atoms with Crippen LogP contribution in [0.1, 0.15) is 57.6 Å². The Labute approximate surface area is 235 Å². The van der Waals surface area contributed by atoms with Crippen LogP contribution in [0.25, 0.3) is 60.7 Å². The summed E-state index contributed by atoms with van der Waals surface area (Å²) in [5, 5.41) is 5.16. The fourth-order valence-corrected chi connectivity index (χ4v) is 6.55. The second-order valence-corrected chi connectivity index (χ2v) is 11.5. The van der Waals surface area contributed by atoms with Gasteiger partial charge in [-0.3, -0.25) is 4.57 Å². The molecule has 0 amide bonds. The molecule has 3 heteroatoms. The lowest BCUT2D eigenvalue weighted by molar-refractivity contribution is 0.811. The first-order valence-electron chi connectivity index (χ1n) is 14.5. The first-order chi connectivity index (χ1) is 19.5. The molecule has 0 radical (unpaired) electrons. The number of imidazole rings is 1. The summed E-state index contributed by atoms with van der Waals surface area (Å²) in [6.45, 7) is 12.3. The van der Waals surface area contributed by atoms with Crippen LogP contribution >= 0.6 is 0 Å². The lowest BCUT2D eigenvalue weighted by Gasteiger charge is -2.22. The van der Waals surface area contributed by atoms with Gasteiger partial charge in [0.15, 0.2) is 0 Å². The molecule has 0 saturated heterocycles. The maximum Gasteiger partial charge on any atom is 0.145 e. The monoisotopic (exact) mass is 521 g/mol. The molecular formula is C37H35N3. The van der Waals surface area contributed by atoms with Crippen LogP contribution in [0.15, 0.2) is 97.1 Å². The van der Waals surface area contributed by atoms with Crippen molar-refractivity contribution in [3.05, 3.63) is 108 Å². The minimum Gasteiger partial charge on any atom is -0.340 e. The third-order valence-corrected chi connectivity index (χ3v) is 8.45. The van der Waals surface area contributed by atoms with E-state index in [0.717, 1.165) is 29.0 Å². The summed E-state index contributed by atoms with van der Waals surface area (Å²) in [7, 11) is 0. The number of aryl methyl sites for hydroxylation is 1. The normalized spacial score (nSPS) is 12.2. The number of nitrogens with zero attached hydrogens (tertiary/aromatic N) is 3. The maximum absolute atomic E-state index is 5.28. The van der Waals surface area contributed by atoms with Crippen LogP contribution in [-0.4, -0.2) is 14.1 Å². The number of fused-ring (bicyclic) bond motifs is 6. The van der Waals surface area contributed by atoms with Gasteiger partial charge in [-0.2, -0.15) is 0 Å². The zero-order chi connectivity index (χ0) is 27.5. The number of rotatable bonds is 5. The Bertz CT molecular complexity index is 2030. The lowest BCUT2D eigenvalue weighted by atomic mass is 9.92. The van der Waals surface area contributed by atoms with E-state index in [1.165, 1.54) is 49.4 Å². The van der Waals surface area contributed by atoms with Crippen LogP contribution in [0.3, 0.4) is 0 Å². The Balaban J connectivity index is 1.57. The Morgan fingerprint density at radius 2 is 1.38 bits per heavy atom. The van der Waals surface area contributed by atoms with E-state index in [2.05, 4.69) is 141 Å². The van der Waals surface area contributed by atoms with Crippen molar-refractivity contribution in [1.29, 1.82) is 0 Å². The van der Waals surface area contributed by atoms with Crippen molar-refractivity contribution in [3.8, 4) is 17.1 Å². The molecule has 0 spiro atoms. The van der Waals surface area contributed by atoms with Crippen molar-refractivity contribution >= 4 is 43.6 Å². The van der Waals surface area contributed by atoms with Crippen LogP contribution < -0.4 is 0 Å². The number of hydrogen-bond donors (Lipinski definition) is 0. The van der Waals surface area contributed by atoms with Crippen molar-refractivity contribution in [2.24, 2.45) is 0 Å². The van der Waals surface area contributed by atoms with Gasteiger partial charge in [0.2, 0.25) is 0 Å². The van der Waals surface area contributed by atoms with Crippen LogP contribution in [0.4, 0.5) is 0 Å². The highest BCUT2D eigenvalue weighted by molar-refractivity contribution is 6.18. The summed E-state index contributed by atoms with van der Waals surface area (Å²) in [6.07, 6.45) is 0. The van der Waals surface area contributed by atoms with Crippen molar-refractivity contribution in [2.45, 2.75) is 53.0 Å². The summed E-state index contributed by atoms with van der Waals surface area (Å²) >= 11 is 0. The standard InChI is InChI=1S/C37H35N3/c1-6-39-33-21-19-26(22-31(33)30-20-18-25-12-7-8-13-29(25)35(30)39)37-38-32-16-9-10-17-34(32)40(37)36-27(23(2)3)14-11-15-28(36)24(4)5/h7-24H,6H2,1-5H3. The average molecular weight is 522 g/mol. The number of benzene rings is 5. The molecule has 5 aromatic carbocycles.